The first-order valence-corrected chi connectivity index (χ1v) is 6.25. The van der Waals surface area contributed by atoms with Gasteiger partial charge in [-0.1, -0.05) is 12.8 Å². The first kappa shape index (κ1) is 12.4. The molecule has 2 rings (SSSR count). The van der Waals surface area contributed by atoms with Crippen molar-refractivity contribution in [1.29, 1.82) is 0 Å². The van der Waals surface area contributed by atoms with Crippen molar-refractivity contribution >= 4 is 11.9 Å². The Kier molecular flexibility index (Phi) is 3.66. The first-order valence-electron chi connectivity index (χ1n) is 6.25. The van der Waals surface area contributed by atoms with Crippen LogP contribution in [0.3, 0.4) is 0 Å². The van der Waals surface area contributed by atoms with Crippen molar-refractivity contribution in [2.45, 2.75) is 44.2 Å². The molecule has 0 radical (unpaired) electrons. The molecule has 0 aromatic rings. The molecule has 2 N–H and O–H groups in total. The zero-order valence-electron chi connectivity index (χ0n) is 10.2. The lowest BCUT2D eigenvalue weighted by Gasteiger charge is -2.32. The van der Waals surface area contributed by atoms with E-state index >= 15 is 0 Å². The SMILES string of the molecule is COC(=O)[C@@H]1C[C@H]2CCCC[C@H]2N1CC(N)=O. The topological polar surface area (TPSA) is 72.6 Å². The Bertz CT molecular complexity index is 319. The lowest BCUT2D eigenvalue weighted by Crippen LogP contribution is -2.46. The van der Waals surface area contributed by atoms with Gasteiger partial charge in [0.05, 0.1) is 13.7 Å². The van der Waals surface area contributed by atoms with Gasteiger partial charge in [0, 0.05) is 6.04 Å². The second kappa shape index (κ2) is 5.04. The van der Waals surface area contributed by atoms with Gasteiger partial charge in [-0.05, 0) is 25.2 Å². The minimum atomic E-state index is -0.370. The molecule has 96 valence electrons. The van der Waals surface area contributed by atoms with Crippen LogP contribution in [-0.2, 0) is 14.3 Å². The molecule has 2 aliphatic rings. The van der Waals surface area contributed by atoms with Crippen LogP contribution in [0.25, 0.3) is 0 Å². The van der Waals surface area contributed by atoms with Gasteiger partial charge in [-0.2, -0.15) is 0 Å². The van der Waals surface area contributed by atoms with Gasteiger partial charge in [0.1, 0.15) is 6.04 Å². The van der Waals surface area contributed by atoms with Crippen molar-refractivity contribution in [2.75, 3.05) is 13.7 Å². The molecule has 1 aliphatic carbocycles. The van der Waals surface area contributed by atoms with Crippen LogP contribution >= 0.6 is 0 Å². The van der Waals surface area contributed by atoms with Gasteiger partial charge in [-0.15, -0.1) is 0 Å². The van der Waals surface area contributed by atoms with E-state index in [0.29, 0.717) is 12.0 Å². The van der Waals surface area contributed by atoms with Crippen molar-refractivity contribution in [2.24, 2.45) is 11.7 Å². The second-order valence-electron chi connectivity index (χ2n) is 5.03. The predicted molar refractivity (Wildman–Crippen MR) is 62.1 cm³/mol. The molecule has 0 spiro atoms. The van der Waals surface area contributed by atoms with Gasteiger partial charge in [-0.25, -0.2) is 0 Å². The van der Waals surface area contributed by atoms with Crippen molar-refractivity contribution < 1.29 is 14.3 Å². The van der Waals surface area contributed by atoms with Crippen molar-refractivity contribution in [1.82, 2.24) is 4.90 Å². The third-order valence-corrected chi connectivity index (χ3v) is 4.03. The number of nitrogens with two attached hydrogens (primary N) is 1. The van der Waals surface area contributed by atoms with Gasteiger partial charge < -0.3 is 10.5 Å². The number of primary amides is 1. The van der Waals surface area contributed by atoms with E-state index in [2.05, 4.69) is 0 Å². The predicted octanol–water partition coefficient (Wildman–Crippen LogP) is 0.278. The summed E-state index contributed by atoms with van der Waals surface area (Å²) in [5.41, 5.74) is 5.27. The third-order valence-electron chi connectivity index (χ3n) is 4.03. The van der Waals surface area contributed by atoms with Crippen LogP contribution in [0.1, 0.15) is 32.1 Å². The summed E-state index contributed by atoms with van der Waals surface area (Å²) in [5.74, 6) is -0.0852. The number of rotatable bonds is 3. The number of likely N-dealkylation sites (tertiary alicyclic amines) is 1. The van der Waals surface area contributed by atoms with Gasteiger partial charge in [0.15, 0.2) is 0 Å². The van der Waals surface area contributed by atoms with Crippen LogP contribution in [0.2, 0.25) is 0 Å². The lowest BCUT2D eigenvalue weighted by atomic mass is 9.85. The van der Waals surface area contributed by atoms with Crippen molar-refractivity contribution in [3.8, 4) is 0 Å². The largest absolute Gasteiger partial charge is 0.468 e. The maximum absolute atomic E-state index is 11.7. The Morgan fingerprint density at radius 3 is 2.71 bits per heavy atom. The second-order valence-corrected chi connectivity index (χ2v) is 5.03. The summed E-state index contributed by atoms with van der Waals surface area (Å²) in [6, 6.07) is 0.0564. The molecule has 5 heteroatoms. The number of amides is 1. The average Bonchev–Trinajstić information content (AvgIpc) is 2.67. The zero-order valence-corrected chi connectivity index (χ0v) is 10.2. The van der Waals surface area contributed by atoms with Crippen LogP contribution < -0.4 is 5.73 Å². The summed E-state index contributed by atoms with van der Waals surface area (Å²) in [5, 5.41) is 0. The fraction of sp³-hybridized carbons (Fsp3) is 0.833. The molecule has 5 nitrogen and oxygen atoms in total. The van der Waals surface area contributed by atoms with E-state index in [0.717, 1.165) is 19.3 Å². The summed E-state index contributed by atoms with van der Waals surface area (Å²) in [6.45, 7) is 0.168. The highest BCUT2D eigenvalue weighted by Crippen LogP contribution is 2.39. The molecule has 2 fully saturated rings. The highest BCUT2D eigenvalue weighted by atomic mass is 16.5. The fourth-order valence-corrected chi connectivity index (χ4v) is 3.33. The van der Waals surface area contributed by atoms with Crippen molar-refractivity contribution in [3.63, 3.8) is 0 Å². The van der Waals surface area contributed by atoms with Crippen LogP contribution in [0.5, 0.6) is 0 Å². The zero-order chi connectivity index (χ0) is 12.4. The van der Waals surface area contributed by atoms with E-state index in [4.69, 9.17) is 10.5 Å². The molecule has 17 heavy (non-hydrogen) atoms. The molecule has 1 saturated carbocycles. The number of carbonyl (C=O) groups is 2. The average molecular weight is 240 g/mol. The van der Waals surface area contributed by atoms with E-state index in [9.17, 15) is 9.59 Å². The minimum absolute atomic E-state index is 0.168. The standard InChI is InChI=1S/C12H20N2O3/c1-17-12(16)10-6-8-4-2-3-5-9(8)14(10)7-11(13)15/h8-10H,2-7H2,1H3,(H2,13,15)/t8-,9-,10+/m1/s1. The number of carbonyl (C=O) groups excluding carboxylic acids is 2. The Balaban J connectivity index is 2.14. The van der Waals surface area contributed by atoms with Crippen LogP contribution in [0, 0.1) is 5.92 Å². The molecule has 0 aromatic carbocycles. The van der Waals surface area contributed by atoms with Crippen LogP contribution in [0.15, 0.2) is 0 Å². The Labute approximate surface area is 101 Å². The van der Waals surface area contributed by atoms with E-state index in [-0.39, 0.29) is 24.5 Å². The summed E-state index contributed by atoms with van der Waals surface area (Å²) < 4.78 is 4.82. The Hall–Kier alpha value is -1.10. The summed E-state index contributed by atoms with van der Waals surface area (Å²) in [7, 11) is 1.40. The number of esters is 1. The molecular weight excluding hydrogens is 220 g/mol. The monoisotopic (exact) mass is 240 g/mol. The van der Waals surface area contributed by atoms with Crippen LogP contribution in [-0.4, -0.2) is 42.5 Å². The number of hydrogen-bond acceptors (Lipinski definition) is 4. The van der Waals surface area contributed by atoms with E-state index in [1.54, 1.807) is 0 Å². The van der Waals surface area contributed by atoms with Crippen molar-refractivity contribution in [3.05, 3.63) is 0 Å². The highest BCUT2D eigenvalue weighted by molar-refractivity contribution is 5.79. The quantitative estimate of drug-likeness (QED) is 0.719. The lowest BCUT2D eigenvalue weighted by molar-refractivity contribution is -0.146. The Morgan fingerprint density at radius 1 is 1.35 bits per heavy atom. The van der Waals surface area contributed by atoms with E-state index in [1.165, 1.54) is 20.0 Å². The number of methoxy groups -OCH3 is 1. The molecule has 0 aromatic heterocycles. The molecule has 0 bridgehead atoms. The maximum atomic E-state index is 11.7. The molecule has 3 atom stereocenters. The number of ether oxygens (including phenoxy) is 1. The fourth-order valence-electron chi connectivity index (χ4n) is 3.33. The van der Waals surface area contributed by atoms with Gasteiger partial charge in [0.2, 0.25) is 5.91 Å². The summed E-state index contributed by atoms with van der Waals surface area (Å²) in [4.78, 5) is 24.8. The minimum Gasteiger partial charge on any atom is -0.468 e. The smallest absolute Gasteiger partial charge is 0.323 e. The van der Waals surface area contributed by atoms with Gasteiger partial charge >= 0.3 is 5.97 Å². The van der Waals surface area contributed by atoms with Gasteiger partial charge in [-0.3, -0.25) is 14.5 Å². The van der Waals surface area contributed by atoms with Gasteiger partial charge in [0.25, 0.3) is 0 Å². The third kappa shape index (κ3) is 2.44. The summed E-state index contributed by atoms with van der Waals surface area (Å²) >= 11 is 0. The number of fused-ring (bicyclic) bond motifs is 1. The summed E-state index contributed by atoms with van der Waals surface area (Å²) in [6.07, 6.45) is 5.41. The first-order chi connectivity index (χ1) is 8.13. The molecule has 1 aliphatic heterocycles. The highest BCUT2D eigenvalue weighted by Gasteiger charge is 2.45. The molecular formula is C12H20N2O3. The number of hydrogen-bond donors (Lipinski definition) is 1. The molecule has 0 unspecified atom stereocenters. The molecule has 1 heterocycles. The normalized spacial score (nSPS) is 33.1. The Morgan fingerprint density at radius 2 is 2.06 bits per heavy atom. The maximum Gasteiger partial charge on any atom is 0.323 e. The number of nitrogens with zero attached hydrogens (tertiary/aromatic N) is 1. The van der Waals surface area contributed by atoms with Crippen LogP contribution in [0.4, 0.5) is 0 Å². The molecule has 1 saturated heterocycles. The molecule has 1 amide bonds. The van der Waals surface area contributed by atoms with E-state index in [1.807, 2.05) is 4.90 Å². The van der Waals surface area contributed by atoms with E-state index < -0.39 is 0 Å².